The van der Waals surface area contributed by atoms with Crippen LogP contribution in [-0.4, -0.2) is 12.7 Å². The zero-order valence-electron chi connectivity index (χ0n) is 7.89. The van der Waals surface area contributed by atoms with Crippen LogP contribution >= 0.6 is 0 Å². The summed E-state index contributed by atoms with van der Waals surface area (Å²) in [7, 11) is 0. The molecule has 0 amide bonds. The van der Waals surface area contributed by atoms with Crippen molar-refractivity contribution in [1.82, 2.24) is 0 Å². The number of alkyl halides is 3. The van der Waals surface area contributed by atoms with Gasteiger partial charge in [-0.25, -0.2) is 4.39 Å². The molecule has 0 saturated carbocycles. The average Bonchev–Trinajstić information content (AvgIpc) is 2.13. The second-order valence-electron chi connectivity index (χ2n) is 3.31. The molecule has 2 N–H and O–H groups in total. The van der Waals surface area contributed by atoms with Crippen molar-refractivity contribution in [3.05, 3.63) is 35.6 Å². The maximum atomic E-state index is 12.8. The topological polar surface area (TPSA) is 26.0 Å². The third-order valence-electron chi connectivity index (χ3n) is 2.08. The summed E-state index contributed by atoms with van der Waals surface area (Å²) in [5.74, 6) is -1.42. The van der Waals surface area contributed by atoms with Crippen molar-refractivity contribution < 1.29 is 17.6 Å². The number of hydrogen-bond acceptors (Lipinski definition) is 1. The summed E-state index contributed by atoms with van der Waals surface area (Å²) in [6.07, 6.45) is -5.30. The van der Waals surface area contributed by atoms with E-state index in [1.165, 1.54) is 18.2 Å². The lowest BCUT2D eigenvalue weighted by Crippen LogP contribution is -2.20. The largest absolute Gasteiger partial charge is 0.389 e. The van der Waals surface area contributed by atoms with Gasteiger partial charge in [0.15, 0.2) is 0 Å². The summed E-state index contributed by atoms with van der Waals surface area (Å²) < 4.78 is 49.2. The molecule has 1 rings (SSSR count). The van der Waals surface area contributed by atoms with Gasteiger partial charge in [0.25, 0.3) is 0 Å². The zero-order valence-corrected chi connectivity index (χ0v) is 7.89. The van der Waals surface area contributed by atoms with Gasteiger partial charge in [0.2, 0.25) is 0 Å². The molecule has 1 nitrogen and oxygen atoms in total. The van der Waals surface area contributed by atoms with E-state index in [1.54, 1.807) is 0 Å². The molecule has 1 unspecified atom stereocenters. The molecule has 0 saturated heterocycles. The average molecular weight is 221 g/mol. The summed E-state index contributed by atoms with van der Waals surface area (Å²) >= 11 is 0. The van der Waals surface area contributed by atoms with E-state index in [2.05, 4.69) is 0 Å². The number of benzene rings is 1. The van der Waals surface area contributed by atoms with Gasteiger partial charge in [-0.3, -0.25) is 0 Å². The zero-order chi connectivity index (χ0) is 11.5. The molecular weight excluding hydrogens is 210 g/mol. The van der Waals surface area contributed by atoms with Crippen LogP contribution < -0.4 is 5.73 Å². The maximum absolute atomic E-state index is 12.8. The van der Waals surface area contributed by atoms with Gasteiger partial charge in [0, 0.05) is 5.92 Å². The van der Waals surface area contributed by atoms with E-state index < -0.39 is 24.3 Å². The van der Waals surface area contributed by atoms with Gasteiger partial charge >= 0.3 is 6.18 Å². The molecule has 0 spiro atoms. The van der Waals surface area contributed by atoms with Crippen LogP contribution in [0.3, 0.4) is 0 Å². The maximum Gasteiger partial charge on any atom is 0.389 e. The van der Waals surface area contributed by atoms with E-state index in [9.17, 15) is 17.6 Å². The summed E-state index contributed by atoms with van der Waals surface area (Å²) in [6.45, 7) is -0.150. The highest BCUT2D eigenvalue weighted by Crippen LogP contribution is 2.30. The summed E-state index contributed by atoms with van der Waals surface area (Å²) in [5, 5.41) is 0. The lowest BCUT2D eigenvalue weighted by Gasteiger charge is -2.17. The lowest BCUT2D eigenvalue weighted by atomic mass is 9.95. The molecule has 0 aromatic heterocycles. The van der Waals surface area contributed by atoms with E-state index in [-0.39, 0.29) is 12.1 Å². The van der Waals surface area contributed by atoms with Gasteiger partial charge in [-0.2, -0.15) is 13.2 Å². The SMILES string of the molecule is NCC(CC(F)(F)F)c1cccc(F)c1. The predicted octanol–water partition coefficient (Wildman–Crippen LogP) is 2.82. The van der Waals surface area contributed by atoms with E-state index in [4.69, 9.17) is 5.73 Å². The van der Waals surface area contributed by atoms with Crippen LogP contribution in [0.15, 0.2) is 24.3 Å². The van der Waals surface area contributed by atoms with Gasteiger partial charge < -0.3 is 5.73 Å². The van der Waals surface area contributed by atoms with Crippen LogP contribution in [0, 0.1) is 5.82 Å². The van der Waals surface area contributed by atoms with Crippen molar-refractivity contribution in [3.63, 3.8) is 0 Å². The minimum Gasteiger partial charge on any atom is -0.330 e. The molecule has 0 aliphatic carbocycles. The van der Waals surface area contributed by atoms with Crippen molar-refractivity contribution in [3.8, 4) is 0 Å². The quantitative estimate of drug-likeness (QED) is 0.780. The fourth-order valence-electron chi connectivity index (χ4n) is 1.38. The van der Waals surface area contributed by atoms with Gasteiger partial charge in [-0.1, -0.05) is 12.1 Å². The first-order chi connectivity index (χ1) is 6.92. The number of nitrogens with two attached hydrogens (primary N) is 1. The Morgan fingerprint density at radius 3 is 2.40 bits per heavy atom. The highest BCUT2D eigenvalue weighted by molar-refractivity contribution is 5.21. The molecule has 0 aliphatic heterocycles. The standard InChI is InChI=1S/C10H11F4N/c11-9-3-1-2-7(4-9)8(6-15)5-10(12,13)14/h1-4,8H,5-6,15H2. The van der Waals surface area contributed by atoms with Gasteiger partial charge in [-0.05, 0) is 24.2 Å². The Hall–Kier alpha value is -1.10. The van der Waals surface area contributed by atoms with Crippen molar-refractivity contribution in [2.24, 2.45) is 5.73 Å². The Labute approximate surface area is 84.9 Å². The normalized spacial score (nSPS) is 13.9. The van der Waals surface area contributed by atoms with Crippen molar-refractivity contribution >= 4 is 0 Å². The second-order valence-corrected chi connectivity index (χ2v) is 3.31. The molecule has 15 heavy (non-hydrogen) atoms. The first-order valence-corrected chi connectivity index (χ1v) is 4.44. The van der Waals surface area contributed by atoms with Crippen molar-refractivity contribution in [2.75, 3.05) is 6.54 Å². The van der Waals surface area contributed by atoms with Crippen molar-refractivity contribution in [1.29, 1.82) is 0 Å². The highest BCUT2D eigenvalue weighted by Gasteiger charge is 2.31. The lowest BCUT2D eigenvalue weighted by molar-refractivity contribution is -0.138. The third kappa shape index (κ3) is 3.87. The Kier molecular flexibility index (Phi) is 3.68. The van der Waals surface area contributed by atoms with Crippen LogP contribution in [-0.2, 0) is 0 Å². The molecule has 5 heteroatoms. The summed E-state index contributed by atoms with van der Waals surface area (Å²) in [5.41, 5.74) is 5.53. The molecule has 1 aromatic carbocycles. The smallest absolute Gasteiger partial charge is 0.330 e. The van der Waals surface area contributed by atoms with Gasteiger partial charge in [-0.15, -0.1) is 0 Å². The minimum absolute atomic E-state index is 0.150. The molecular formula is C10H11F4N. The Bertz CT molecular complexity index is 321. The fourth-order valence-corrected chi connectivity index (χ4v) is 1.38. The Morgan fingerprint density at radius 2 is 1.93 bits per heavy atom. The molecule has 0 aliphatic rings. The van der Waals surface area contributed by atoms with E-state index in [0.717, 1.165) is 6.07 Å². The van der Waals surface area contributed by atoms with Crippen LogP contribution in [0.5, 0.6) is 0 Å². The fraction of sp³-hybridized carbons (Fsp3) is 0.400. The number of rotatable bonds is 3. The second kappa shape index (κ2) is 4.61. The van der Waals surface area contributed by atoms with Crippen LogP contribution in [0.2, 0.25) is 0 Å². The highest BCUT2D eigenvalue weighted by atomic mass is 19.4. The van der Waals surface area contributed by atoms with E-state index >= 15 is 0 Å². The van der Waals surface area contributed by atoms with Crippen molar-refractivity contribution in [2.45, 2.75) is 18.5 Å². The summed E-state index contributed by atoms with van der Waals surface area (Å²) in [6, 6.07) is 5.10. The molecule has 84 valence electrons. The van der Waals surface area contributed by atoms with E-state index in [1.807, 2.05) is 0 Å². The van der Waals surface area contributed by atoms with Crippen LogP contribution in [0.1, 0.15) is 17.9 Å². The Morgan fingerprint density at radius 1 is 1.27 bits per heavy atom. The predicted molar refractivity (Wildman–Crippen MR) is 48.9 cm³/mol. The molecule has 0 heterocycles. The van der Waals surface area contributed by atoms with Crippen LogP contribution in [0.25, 0.3) is 0 Å². The van der Waals surface area contributed by atoms with Crippen LogP contribution in [0.4, 0.5) is 17.6 Å². The van der Waals surface area contributed by atoms with Gasteiger partial charge in [0.05, 0.1) is 6.42 Å². The van der Waals surface area contributed by atoms with E-state index in [0.29, 0.717) is 0 Å². The molecule has 0 radical (unpaired) electrons. The number of hydrogen-bond donors (Lipinski definition) is 1. The first kappa shape index (κ1) is 12.0. The minimum atomic E-state index is -4.28. The molecule has 1 aromatic rings. The molecule has 1 atom stereocenters. The van der Waals surface area contributed by atoms with Gasteiger partial charge in [0.1, 0.15) is 5.82 Å². The Balaban J connectivity index is 2.83. The molecule has 0 fully saturated rings. The first-order valence-electron chi connectivity index (χ1n) is 4.44. The monoisotopic (exact) mass is 221 g/mol. The molecule has 0 bridgehead atoms. The summed E-state index contributed by atoms with van der Waals surface area (Å²) in [4.78, 5) is 0. The third-order valence-corrected chi connectivity index (χ3v) is 2.08. The number of halogens is 4.